The lowest BCUT2D eigenvalue weighted by atomic mass is 10.1. The molecule has 7 nitrogen and oxygen atoms in total. The number of pyridine rings is 2. The van der Waals surface area contributed by atoms with Gasteiger partial charge in [0, 0.05) is 30.9 Å². The Labute approximate surface area is 156 Å². The summed E-state index contributed by atoms with van der Waals surface area (Å²) in [7, 11) is 1.93. The van der Waals surface area contributed by atoms with E-state index in [1.165, 1.54) is 0 Å². The molecule has 0 aromatic carbocycles. The highest BCUT2D eigenvalue weighted by atomic mass is 16.1. The van der Waals surface area contributed by atoms with Gasteiger partial charge in [-0.2, -0.15) is 5.10 Å². The summed E-state index contributed by atoms with van der Waals surface area (Å²) in [6, 6.07) is 6.03. The summed E-state index contributed by atoms with van der Waals surface area (Å²) in [5, 5.41) is 5.17. The molecule has 0 fully saturated rings. The van der Waals surface area contributed by atoms with E-state index in [1.54, 1.807) is 35.8 Å². The number of Topliss-reactive ketones (excluding diaryl/α,β-unsaturated/α-hetero) is 1. The van der Waals surface area contributed by atoms with Crippen LogP contribution in [0, 0.1) is 0 Å². The lowest BCUT2D eigenvalue weighted by molar-refractivity contribution is 0.0992. The number of carbonyl (C=O) groups excluding carboxylic acids is 1. The zero-order valence-corrected chi connectivity index (χ0v) is 15.5. The smallest absolute Gasteiger partial charge is 0.171 e. The molecule has 0 spiro atoms. The predicted octanol–water partition coefficient (Wildman–Crippen LogP) is 3.23. The Kier molecular flexibility index (Phi) is 4.27. The number of nitrogens with zero attached hydrogens (tertiary/aromatic N) is 6. The molecule has 0 radical (unpaired) electrons. The molecule has 0 aliphatic heterocycles. The summed E-state index contributed by atoms with van der Waals surface area (Å²) < 4.78 is 3.70. The van der Waals surface area contributed by atoms with E-state index < -0.39 is 0 Å². The fourth-order valence-corrected chi connectivity index (χ4v) is 2.93. The molecule has 4 heterocycles. The van der Waals surface area contributed by atoms with E-state index in [0.29, 0.717) is 11.3 Å². The van der Waals surface area contributed by atoms with Gasteiger partial charge in [-0.05, 0) is 32.0 Å². The molecule has 0 saturated carbocycles. The second-order valence-electron chi connectivity index (χ2n) is 6.86. The molecule has 0 N–H and O–H groups in total. The van der Waals surface area contributed by atoms with E-state index in [0.717, 1.165) is 22.3 Å². The van der Waals surface area contributed by atoms with Crippen molar-refractivity contribution in [3.8, 4) is 11.4 Å². The van der Waals surface area contributed by atoms with Gasteiger partial charge in [0.2, 0.25) is 0 Å². The number of aryl methyl sites for hydroxylation is 1. The maximum Gasteiger partial charge on any atom is 0.171 e. The molecule has 0 saturated heterocycles. The molecule has 0 unspecified atom stereocenters. The van der Waals surface area contributed by atoms with Gasteiger partial charge in [0.25, 0.3) is 0 Å². The van der Waals surface area contributed by atoms with Gasteiger partial charge in [0.05, 0.1) is 53.3 Å². The van der Waals surface area contributed by atoms with E-state index in [9.17, 15) is 4.79 Å². The highest BCUT2D eigenvalue weighted by molar-refractivity contribution is 5.97. The Morgan fingerprint density at radius 1 is 1.19 bits per heavy atom. The number of hydrogen-bond donors (Lipinski definition) is 0. The number of aromatic nitrogens is 6. The summed E-state index contributed by atoms with van der Waals surface area (Å²) in [5.74, 6) is -0.00320. The SMILES string of the molecule is CC(C)n1cc(C(=O)Cc2cc3nc(-c4cncn4C)ccc3cn2)cn1. The van der Waals surface area contributed by atoms with Crippen LogP contribution in [0.3, 0.4) is 0 Å². The second kappa shape index (κ2) is 6.75. The third kappa shape index (κ3) is 3.36. The lowest BCUT2D eigenvalue weighted by Gasteiger charge is -2.05. The molecule has 136 valence electrons. The van der Waals surface area contributed by atoms with Crippen molar-refractivity contribution in [3.05, 3.63) is 60.6 Å². The van der Waals surface area contributed by atoms with Crippen LogP contribution >= 0.6 is 0 Å². The van der Waals surface area contributed by atoms with Crippen LogP contribution in [0.25, 0.3) is 22.3 Å². The van der Waals surface area contributed by atoms with E-state index in [4.69, 9.17) is 4.98 Å². The standard InChI is InChI=1S/C20H20N6O/c1-13(2)26-11-15(9-23-26)20(27)7-16-6-18-14(8-22-16)4-5-17(24-18)19-10-21-12-25(19)3/h4-6,8-13H,7H2,1-3H3. The van der Waals surface area contributed by atoms with Crippen LogP contribution in [-0.2, 0) is 13.5 Å². The number of carbonyl (C=O) groups is 1. The van der Waals surface area contributed by atoms with Gasteiger partial charge in [0.15, 0.2) is 5.78 Å². The first-order chi connectivity index (χ1) is 13.0. The quantitative estimate of drug-likeness (QED) is 0.511. The summed E-state index contributed by atoms with van der Waals surface area (Å²) in [4.78, 5) is 25.8. The van der Waals surface area contributed by atoms with Gasteiger partial charge in [-0.3, -0.25) is 14.5 Å². The van der Waals surface area contributed by atoms with Crippen LogP contribution in [0.4, 0.5) is 0 Å². The van der Waals surface area contributed by atoms with Crippen molar-refractivity contribution in [1.82, 2.24) is 29.3 Å². The topological polar surface area (TPSA) is 78.5 Å². The zero-order chi connectivity index (χ0) is 19.0. The Morgan fingerprint density at radius 3 is 2.74 bits per heavy atom. The van der Waals surface area contributed by atoms with Gasteiger partial charge in [0.1, 0.15) is 0 Å². The van der Waals surface area contributed by atoms with Crippen molar-refractivity contribution < 1.29 is 4.79 Å². The molecule has 0 amide bonds. The number of rotatable bonds is 5. The van der Waals surface area contributed by atoms with Crippen molar-refractivity contribution in [2.24, 2.45) is 7.05 Å². The Morgan fingerprint density at radius 2 is 2.04 bits per heavy atom. The van der Waals surface area contributed by atoms with Crippen LogP contribution in [0.1, 0.15) is 35.9 Å². The van der Waals surface area contributed by atoms with Gasteiger partial charge in [-0.25, -0.2) is 9.97 Å². The van der Waals surface area contributed by atoms with Gasteiger partial charge < -0.3 is 4.57 Å². The maximum atomic E-state index is 12.6. The summed E-state index contributed by atoms with van der Waals surface area (Å²) >= 11 is 0. The second-order valence-corrected chi connectivity index (χ2v) is 6.86. The molecule has 0 atom stereocenters. The van der Waals surface area contributed by atoms with Crippen LogP contribution < -0.4 is 0 Å². The highest BCUT2D eigenvalue weighted by Crippen LogP contribution is 2.21. The molecule has 0 aliphatic rings. The highest BCUT2D eigenvalue weighted by Gasteiger charge is 2.13. The first-order valence-corrected chi connectivity index (χ1v) is 8.81. The third-order valence-electron chi connectivity index (χ3n) is 4.50. The van der Waals surface area contributed by atoms with Crippen molar-refractivity contribution in [2.75, 3.05) is 0 Å². The van der Waals surface area contributed by atoms with Crippen molar-refractivity contribution in [2.45, 2.75) is 26.3 Å². The van der Waals surface area contributed by atoms with Crippen molar-refractivity contribution in [3.63, 3.8) is 0 Å². The summed E-state index contributed by atoms with van der Waals surface area (Å²) in [6.45, 7) is 4.05. The minimum atomic E-state index is -0.00320. The normalized spacial score (nSPS) is 11.4. The summed E-state index contributed by atoms with van der Waals surface area (Å²) in [6.07, 6.45) is 8.91. The average Bonchev–Trinajstić information content (AvgIpc) is 3.30. The molecular formula is C20H20N6O. The summed E-state index contributed by atoms with van der Waals surface area (Å²) in [5.41, 5.74) is 3.88. The maximum absolute atomic E-state index is 12.6. The van der Waals surface area contributed by atoms with Gasteiger partial charge in [-0.1, -0.05) is 0 Å². The Hall–Kier alpha value is -3.35. The molecule has 0 aliphatic carbocycles. The predicted molar refractivity (Wildman–Crippen MR) is 102 cm³/mol. The Bertz CT molecular complexity index is 1120. The van der Waals surface area contributed by atoms with Crippen LogP contribution in [0.15, 0.2) is 49.3 Å². The van der Waals surface area contributed by atoms with Crippen LogP contribution in [0.5, 0.6) is 0 Å². The number of hydrogen-bond acceptors (Lipinski definition) is 5. The zero-order valence-electron chi connectivity index (χ0n) is 15.5. The van der Waals surface area contributed by atoms with Crippen LogP contribution in [0.2, 0.25) is 0 Å². The van der Waals surface area contributed by atoms with E-state index in [-0.39, 0.29) is 18.2 Å². The first-order valence-electron chi connectivity index (χ1n) is 8.81. The number of ketones is 1. The van der Waals surface area contributed by atoms with E-state index in [1.807, 2.05) is 43.7 Å². The lowest BCUT2D eigenvalue weighted by Crippen LogP contribution is -2.05. The minimum absolute atomic E-state index is 0.00320. The molecule has 7 heteroatoms. The molecule has 27 heavy (non-hydrogen) atoms. The molecule has 0 bridgehead atoms. The molecular weight excluding hydrogens is 340 g/mol. The minimum Gasteiger partial charge on any atom is -0.332 e. The Balaban J connectivity index is 1.62. The van der Waals surface area contributed by atoms with Crippen LogP contribution in [-0.4, -0.2) is 35.1 Å². The van der Waals surface area contributed by atoms with Gasteiger partial charge in [-0.15, -0.1) is 0 Å². The van der Waals surface area contributed by atoms with E-state index in [2.05, 4.69) is 15.1 Å². The fourth-order valence-electron chi connectivity index (χ4n) is 2.93. The molecule has 4 aromatic rings. The molecule has 4 rings (SSSR count). The average molecular weight is 360 g/mol. The number of fused-ring (bicyclic) bond motifs is 1. The van der Waals surface area contributed by atoms with E-state index >= 15 is 0 Å². The van der Waals surface area contributed by atoms with Gasteiger partial charge >= 0.3 is 0 Å². The third-order valence-corrected chi connectivity index (χ3v) is 4.50. The monoisotopic (exact) mass is 360 g/mol. The number of imidazole rings is 1. The fraction of sp³-hybridized carbons (Fsp3) is 0.250. The van der Waals surface area contributed by atoms with Crippen molar-refractivity contribution >= 4 is 16.7 Å². The molecule has 4 aromatic heterocycles. The largest absolute Gasteiger partial charge is 0.332 e. The first kappa shape index (κ1) is 17.1. The van der Waals surface area contributed by atoms with Crippen molar-refractivity contribution in [1.29, 1.82) is 0 Å².